The van der Waals surface area contributed by atoms with Gasteiger partial charge < -0.3 is 9.64 Å². The first-order chi connectivity index (χ1) is 7.25. The molecule has 0 spiro atoms. The summed E-state index contributed by atoms with van der Waals surface area (Å²) in [6.07, 6.45) is 0. The second-order valence-electron chi connectivity index (χ2n) is 3.75. The normalized spacial score (nSPS) is 23.8. The molecule has 80 valence electrons. The van der Waals surface area contributed by atoms with Crippen molar-refractivity contribution in [1.29, 1.82) is 0 Å². The molecule has 2 aliphatic rings. The highest BCUT2D eigenvalue weighted by Gasteiger charge is 2.32. The van der Waals surface area contributed by atoms with Crippen LogP contribution in [0.3, 0.4) is 0 Å². The molecule has 0 bridgehead atoms. The Morgan fingerprint density at radius 3 is 3.33 bits per heavy atom. The van der Waals surface area contributed by atoms with Crippen molar-refractivity contribution in [2.24, 2.45) is 0 Å². The number of hydrogen-bond acceptors (Lipinski definition) is 4. The fourth-order valence-corrected chi connectivity index (χ4v) is 2.36. The third-order valence-corrected chi connectivity index (χ3v) is 3.07. The van der Waals surface area contributed by atoms with Crippen LogP contribution in [0.4, 0.5) is 5.82 Å². The summed E-state index contributed by atoms with van der Waals surface area (Å²) >= 11 is 5.78. The van der Waals surface area contributed by atoms with Crippen molar-refractivity contribution >= 4 is 17.4 Å². The largest absolute Gasteiger partial charge is 0.377 e. The van der Waals surface area contributed by atoms with Crippen LogP contribution in [0, 0.1) is 0 Å². The van der Waals surface area contributed by atoms with Crippen LogP contribution in [-0.4, -0.2) is 35.4 Å². The zero-order chi connectivity index (χ0) is 10.4. The molecule has 3 rings (SSSR count). The topological polar surface area (TPSA) is 47.4 Å². The van der Waals surface area contributed by atoms with Crippen LogP contribution in [0.1, 0.15) is 0 Å². The number of ether oxygens (including phenoxy) is 1. The Morgan fingerprint density at radius 2 is 2.47 bits per heavy atom. The molecule has 0 aliphatic carbocycles. The second kappa shape index (κ2) is 3.21. The van der Waals surface area contributed by atoms with E-state index in [1.165, 1.54) is 0 Å². The van der Waals surface area contributed by atoms with Gasteiger partial charge in [-0.1, -0.05) is 11.6 Å². The number of rotatable bonds is 0. The molecule has 1 aromatic rings. The molecule has 0 aromatic carbocycles. The van der Waals surface area contributed by atoms with Gasteiger partial charge in [0.2, 0.25) is 0 Å². The average Bonchev–Trinajstić information content (AvgIpc) is 2.57. The lowest BCUT2D eigenvalue weighted by Crippen LogP contribution is -2.43. The van der Waals surface area contributed by atoms with E-state index in [2.05, 4.69) is 9.88 Å². The predicted octanol–water partition coefficient (Wildman–Crippen LogP) is 0.115. The van der Waals surface area contributed by atoms with Gasteiger partial charge >= 0.3 is 5.69 Å². The van der Waals surface area contributed by atoms with E-state index in [0.717, 1.165) is 12.4 Å². The van der Waals surface area contributed by atoms with Crippen molar-refractivity contribution in [3.63, 3.8) is 0 Å². The van der Waals surface area contributed by atoms with Gasteiger partial charge in [-0.05, 0) is 0 Å². The van der Waals surface area contributed by atoms with Crippen LogP contribution in [-0.2, 0) is 11.3 Å². The van der Waals surface area contributed by atoms with Gasteiger partial charge in [-0.2, -0.15) is 4.98 Å². The SMILES string of the molecule is O=c1nc(Cl)cc2n1CC1COCCN21. The number of hydrogen-bond donors (Lipinski definition) is 0. The molecule has 1 saturated heterocycles. The van der Waals surface area contributed by atoms with Gasteiger partial charge in [0.15, 0.2) is 0 Å². The monoisotopic (exact) mass is 227 g/mol. The van der Waals surface area contributed by atoms with Crippen molar-refractivity contribution < 1.29 is 4.74 Å². The Labute approximate surface area is 91.2 Å². The molecular formula is C9H10ClN3O2. The van der Waals surface area contributed by atoms with E-state index in [-0.39, 0.29) is 16.9 Å². The predicted molar refractivity (Wildman–Crippen MR) is 55.5 cm³/mol. The van der Waals surface area contributed by atoms with Crippen LogP contribution in [0.2, 0.25) is 5.15 Å². The van der Waals surface area contributed by atoms with E-state index in [9.17, 15) is 4.79 Å². The molecular weight excluding hydrogens is 218 g/mol. The molecule has 0 radical (unpaired) electrons. The minimum Gasteiger partial charge on any atom is -0.377 e. The Hall–Kier alpha value is -1.07. The van der Waals surface area contributed by atoms with Crippen LogP contribution < -0.4 is 10.6 Å². The summed E-state index contributed by atoms with van der Waals surface area (Å²) < 4.78 is 7.03. The molecule has 15 heavy (non-hydrogen) atoms. The second-order valence-corrected chi connectivity index (χ2v) is 4.14. The third-order valence-electron chi connectivity index (χ3n) is 2.87. The van der Waals surface area contributed by atoms with Gasteiger partial charge in [-0.25, -0.2) is 4.79 Å². The van der Waals surface area contributed by atoms with Crippen LogP contribution >= 0.6 is 11.6 Å². The maximum absolute atomic E-state index is 11.6. The van der Waals surface area contributed by atoms with Gasteiger partial charge in [0.1, 0.15) is 11.0 Å². The number of anilines is 1. The number of fused-ring (bicyclic) bond motifs is 3. The fourth-order valence-electron chi connectivity index (χ4n) is 2.19. The summed E-state index contributed by atoms with van der Waals surface area (Å²) in [5, 5.41) is 0.262. The van der Waals surface area contributed by atoms with Gasteiger partial charge in [-0.15, -0.1) is 0 Å². The van der Waals surface area contributed by atoms with Gasteiger partial charge in [0.25, 0.3) is 0 Å². The highest BCUT2D eigenvalue weighted by molar-refractivity contribution is 6.29. The molecule has 0 amide bonds. The molecule has 5 nitrogen and oxygen atoms in total. The number of halogens is 1. The van der Waals surface area contributed by atoms with Crippen molar-refractivity contribution in [3.05, 3.63) is 21.7 Å². The summed E-state index contributed by atoms with van der Waals surface area (Å²) in [4.78, 5) is 17.4. The Morgan fingerprint density at radius 1 is 1.60 bits per heavy atom. The molecule has 1 unspecified atom stereocenters. The first-order valence-corrected chi connectivity index (χ1v) is 5.25. The first kappa shape index (κ1) is 9.18. The molecule has 3 heterocycles. The van der Waals surface area contributed by atoms with E-state index in [0.29, 0.717) is 19.8 Å². The van der Waals surface area contributed by atoms with Gasteiger partial charge in [-0.3, -0.25) is 4.57 Å². The van der Waals surface area contributed by atoms with Crippen molar-refractivity contribution in [2.75, 3.05) is 24.7 Å². The van der Waals surface area contributed by atoms with Gasteiger partial charge in [0.05, 0.1) is 25.8 Å². The third kappa shape index (κ3) is 1.34. The molecule has 1 aromatic heterocycles. The summed E-state index contributed by atoms with van der Waals surface area (Å²) in [5.41, 5.74) is -0.271. The zero-order valence-corrected chi connectivity index (χ0v) is 8.78. The van der Waals surface area contributed by atoms with Crippen molar-refractivity contribution in [2.45, 2.75) is 12.6 Å². The minimum atomic E-state index is -0.271. The number of morpholine rings is 1. The van der Waals surface area contributed by atoms with Crippen molar-refractivity contribution in [1.82, 2.24) is 9.55 Å². The maximum Gasteiger partial charge on any atom is 0.350 e. The van der Waals surface area contributed by atoms with E-state index in [4.69, 9.17) is 16.3 Å². The molecule has 1 atom stereocenters. The Kier molecular flexibility index (Phi) is 1.97. The Bertz CT molecular complexity index is 459. The Balaban J connectivity index is 2.12. The lowest BCUT2D eigenvalue weighted by Gasteiger charge is -2.30. The average molecular weight is 228 g/mol. The summed E-state index contributed by atoms with van der Waals surface area (Å²) in [6, 6.07) is 2.00. The maximum atomic E-state index is 11.6. The first-order valence-electron chi connectivity index (χ1n) is 4.87. The van der Waals surface area contributed by atoms with Crippen LogP contribution in [0.25, 0.3) is 0 Å². The molecule has 0 N–H and O–H groups in total. The van der Waals surface area contributed by atoms with E-state index in [1.807, 2.05) is 0 Å². The van der Waals surface area contributed by atoms with E-state index < -0.39 is 0 Å². The van der Waals surface area contributed by atoms with Crippen molar-refractivity contribution in [3.8, 4) is 0 Å². The highest BCUT2D eigenvalue weighted by Crippen LogP contribution is 2.27. The summed E-state index contributed by atoms with van der Waals surface area (Å²) in [5.74, 6) is 0.869. The lowest BCUT2D eigenvalue weighted by molar-refractivity contribution is 0.0956. The quantitative estimate of drug-likeness (QED) is 0.591. The standard InChI is InChI=1S/C9H10ClN3O2/c10-7-3-8-12-1-2-15-5-6(12)4-13(8)9(14)11-7/h3,6H,1-2,4-5H2. The summed E-state index contributed by atoms with van der Waals surface area (Å²) in [6.45, 7) is 2.83. The van der Waals surface area contributed by atoms with Crippen LogP contribution in [0.15, 0.2) is 10.9 Å². The van der Waals surface area contributed by atoms with Gasteiger partial charge in [0, 0.05) is 12.6 Å². The van der Waals surface area contributed by atoms with E-state index >= 15 is 0 Å². The smallest absolute Gasteiger partial charge is 0.350 e. The van der Waals surface area contributed by atoms with Crippen LogP contribution in [0.5, 0.6) is 0 Å². The fraction of sp³-hybridized carbons (Fsp3) is 0.556. The lowest BCUT2D eigenvalue weighted by atomic mass is 10.2. The highest BCUT2D eigenvalue weighted by atomic mass is 35.5. The molecule has 1 fully saturated rings. The van der Waals surface area contributed by atoms with E-state index in [1.54, 1.807) is 10.6 Å². The number of nitrogens with zero attached hydrogens (tertiary/aromatic N) is 3. The molecule has 2 aliphatic heterocycles. The molecule has 6 heteroatoms. The minimum absolute atomic E-state index is 0.256. The molecule has 0 saturated carbocycles. The summed E-state index contributed by atoms with van der Waals surface area (Å²) in [7, 11) is 0. The zero-order valence-electron chi connectivity index (χ0n) is 8.02. The number of aromatic nitrogens is 2.